The molecule has 74 valence electrons. The van der Waals surface area contributed by atoms with Crippen LogP contribution in [0.2, 0.25) is 0 Å². The molecule has 0 saturated carbocycles. The Labute approximate surface area is 83.2 Å². The summed E-state index contributed by atoms with van der Waals surface area (Å²) in [4.78, 5) is 14.4. The molecule has 1 heterocycles. The Hall–Kier alpha value is -0.550. The number of carbonyl (C=O) groups is 1. The van der Waals surface area contributed by atoms with Crippen molar-refractivity contribution in [1.82, 2.24) is 5.32 Å². The number of thiol groups is 1. The van der Waals surface area contributed by atoms with Gasteiger partial charge in [-0.2, -0.15) is 12.6 Å². The fourth-order valence-electron chi connectivity index (χ4n) is 0.959. The number of hydrogen-bond donors (Lipinski definition) is 2. The van der Waals surface area contributed by atoms with Crippen LogP contribution < -0.4 is 5.32 Å². The van der Waals surface area contributed by atoms with Gasteiger partial charge in [-0.05, 0) is 13.3 Å². The van der Waals surface area contributed by atoms with E-state index in [1.54, 1.807) is 6.92 Å². The van der Waals surface area contributed by atoms with E-state index in [2.05, 4.69) is 22.9 Å². The third-order valence-electron chi connectivity index (χ3n) is 1.67. The monoisotopic (exact) mass is 202 g/mol. The molecule has 0 aromatic carbocycles. The van der Waals surface area contributed by atoms with Crippen molar-refractivity contribution < 1.29 is 9.53 Å². The summed E-state index contributed by atoms with van der Waals surface area (Å²) >= 11 is 4.31. The smallest absolute Gasteiger partial charge is 0.340 e. The maximum atomic E-state index is 10.9. The Morgan fingerprint density at radius 1 is 1.92 bits per heavy atom. The van der Waals surface area contributed by atoms with Crippen LogP contribution in [0, 0.1) is 0 Å². The van der Waals surface area contributed by atoms with Crippen LogP contribution in [0.5, 0.6) is 0 Å². The average Bonchev–Trinajstić information content (AvgIpc) is 2.85. The van der Waals surface area contributed by atoms with E-state index in [1.807, 2.05) is 0 Å². The van der Waals surface area contributed by atoms with E-state index < -0.39 is 0 Å². The Morgan fingerprint density at radius 3 is 3.15 bits per heavy atom. The number of hydrogen-bond acceptors (Lipinski definition) is 3. The van der Waals surface area contributed by atoms with Gasteiger partial charge in [0.2, 0.25) is 0 Å². The molecule has 5 heteroatoms. The second-order valence-electron chi connectivity index (χ2n) is 2.92. The standard InChI is InChI=1S/C8H14N2O2S/c1-2-9-8(11)10-4-7(13)3-6-5-12-6/h2,6-7,13H,3-5H2,1H3,(H,10,11). The number of nitrogens with one attached hydrogen (secondary N) is 1. The lowest BCUT2D eigenvalue weighted by Crippen LogP contribution is -2.28. The lowest BCUT2D eigenvalue weighted by Gasteiger charge is -2.08. The van der Waals surface area contributed by atoms with Crippen LogP contribution in [0.15, 0.2) is 4.99 Å². The maximum absolute atomic E-state index is 10.9. The quantitative estimate of drug-likeness (QED) is 0.404. The third kappa shape index (κ3) is 4.90. The largest absolute Gasteiger partial charge is 0.373 e. The van der Waals surface area contributed by atoms with Crippen LogP contribution in [-0.4, -0.2) is 36.8 Å². The zero-order valence-electron chi connectivity index (χ0n) is 7.56. The summed E-state index contributed by atoms with van der Waals surface area (Å²) in [5.74, 6) is 0. The number of urea groups is 1. The highest BCUT2D eigenvalue weighted by Gasteiger charge is 2.25. The van der Waals surface area contributed by atoms with Crippen molar-refractivity contribution in [2.75, 3.05) is 13.2 Å². The van der Waals surface area contributed by atoms with Crippen LogP contribution >= 0.6 is 12.6 Å². The van der Waals surface area contributed by atoms with Crippen molar-refractivity contribution in [1.29, 1.82) is 0 Å². The molecule has 0 bridgehead atoms. The van der Waals surface area contributed by atoms with Gasteiger partial charge in [-0.3, -0.25) is 0 Å². The molecule has 13 heavy (non-hydrogen) atoms. The molecule has 0 aliphatic carbocycles. The predicted molar refractivity (Wildman–Crippen MR) is 54.7 cm³/mol. The SMILES string of the molecule is CC=NC(=O)NCC(S)CC1CO1. The average molecular weight is 202 g/mol. The molecule has 1 aliphatic heterocycles. The van der Waals surface area contributed by atoms with E-state index in [9.17, 15) is 4.79 Å². The first-order chi connectivity index (χ1) is 6.22. The normalized spacial score (nSPS) is 23.1. The highest BCUT2D eigenvalue weighted by molar-refractivity contribution is 7.81. The van der Waals surface area contributed by atoms with Crippen LogP contribution in [0.1, 0.15) is 13.3 Å². The first kappa shape index (κ1) is 10.5. The first-order valence-electron chi connectivity index (χ1n) is 4.28. The van der Waals surface area contributed by atoms with E-state index in [-0.39, 0.29) is 11.3 Å². The summed E-state index contributed by atoms with van der Waals surface area (Å²) in [5.41, 5.74) is 0. The molecule has 1 rings (SSSR count). The minimum Gasteiger partial charge on any atom is -0.373 e. The molecular formula is C8H14N2O2S. The second-order valence-corrected chi connectivity index (χ2v) is 3.65. The van der Waals surface area contributed by atoms with E-state index in [0.717, 1.165) is 13.0 Å². The van der Waals surface area contributed by atoms with E-state index in [0.29, 0.717) is 12.6 Å². The van der Waals surface area contributed by atoms with Crippen molar-refractivity contribution in [2.24, 2.45) is 4.99 Å². The van der Waals surface area contributed by atoms with Crippen LogP contribution in [0.25, 0.3) is 0 Å². The lowest BCUT2D eigenvalue weighted by atomic mass is 10.2. The van der Waals surface area contributed by atoms with Gasteiger partial charge in [-0.1, -0.05) is 0 Å². The first-order valence-corrected chi connectivity index (χ1v) is 4.80. The van der Waals surface area contributed by atoms with Crippen LogP contribution in [0.4, 0.5) is 4.79 Å². The zero-order chi connectivity index (χ0) is 9.68. The molecule has 0 aromatic heterocycles. The fraction of sp³-hybridized carbons (Fsp3) is 0.750. The van der Waals surface area contributed by atoms with E-state index in [1.165, 1.54) is 6.21 Å². The van der Waals surface area contributed by atoms with Gasteiger partial charge in [0.15, 0.2) is 0 Å². The number of rotatable bonds is 4. The third-order valence-corrected chi connectivity index (χ3v) is 2.07. The second kappa shape index (κ2) is 5.24. The van der Waals surface area contributed by atoms with Gasteiger partial charge in [-0.25, -0.2) is 9.79 Å². The molecule has 1 aliphatic rings. The van der Waals surface area contributed by atoms with Crippen molar-refractivity contribution in [2.45, 2.75) is 24.7 Å². The van der Waals surface area contributed by atoms with Crippen molar-refractivity contribution in [3.63, 3.8) is 0 Å². The number of epoxide rings is 1. The highest BCUT2D eigenvalue weighted by Crippen LogP contribution is 2.17. The summed E-state index contributed by atoms with van der Waals surface area (Å²) in [7, 11) is 0. The fourth-order valence-corrected chi connectivity index (χ4v) is 1.29. The van der Waals surface area contributed by atoms with Gasteiger partial charge in [0.1, 0.15) is 0 Å². The molecule has 0 radical (unpaired) electrons. The molecule has 1 N–H and O–H groups in total. The molecular weight excluding hydrogens is 188 g/mol. The molecule has 2 atom stereocenters. The van der Waals surface area contributed by atoms with Gasteiger partial charge in [-0.15, -0.1) is 0 Å². The van der Waals surface area contributed by atoms with E-state index >= 15 is 0 Å². The topological polar surface area (TPSA) is 54.0 Å². The summed E-state index contributed by atoms with van der Waals surface area (Å²) in [6, 6.07) is -0.307. The molecule has 4 nitrogen and oxygen atoms in total. The van der Waals surface area contributed by atoms with E-state index in [4.69, 9.17) is 4.74 Å². The number of amides is 2. The van der Waals surface area contributed by atoms with Crippen LogP contribution in [0.3, 0.4) is 0 Å². The van der Waals surface area contributed by atoms with Gasteiger partial charge in [0, 0.05) is 18.0 Å². The summed E-state index contributed by atoms with van der Waals surface area (Å²) < 4.78 is 5.04. The summed E-state index contributed by atoms with van der Waals surface area (Å²) in [5, 5.41) is 2.80. The Balaban J connectivity index is 2.05. The number of ether oxygens (including phenoxy) is 1. The molecule has 1 saturated heterocycles. The zero-order valence-corrected chi connectivity index (χ0v) is 8.46. The Kier molecular flexibility index (Phi) is 4.24. The van der Waals surface area contributed by atoms with Gasteiger partial charge < -0.3 is 10.1 Å². The van der Waals surface area contributed by atoms with Gasteiger partial charge in [0.05, 0.1) is 12.7 Å². The molecule has 2 unspecified atom stereocenters. The lowest BCUT2D eigenvalue weighted by molar-refractivity contribution is 0.249. The Morgan fingerprint density at radius 2 is 2.62 bits per heavy atom. The minimum absolute atomic E-state index is 0.156. The Bertz CT molecular complexity index is 204. The van der Waals surface area contributed by atoms with Crippen molar-refractivity contribution in [3.8, 4) is 0 Å². The summed E-state index contributed by atoms with van der Waals surface area (Å²) in [6.45, 7) is 3.08. The molecule has 0 aromatic rings. The maximum Gasteiger partial charge on any atom is 0.340 e. The molecule has 1 fully saturated rings. The number of nitrogens with zero attached hydrogens (tertiary/aromatic N) is 1. The van der Waals surface area contributed by atoms with Gasteiger partial charge in [0.25, 0.3) is 0 Å². The highest BCUT2D eigenvalue weighted by atomic mass is 32.1. The van der Waals surface area contributed by atoms with Gasteiger partial charge >= 0.3 is 6.03 Å². The predicted octanol–water partition coefficient (Wildman–Crippen LogP) is 0.874. The number of aliphatic imine (C=N–C) groups is 1. The van der Waals surface area contributed by atoms with Crippen LogP contribution in [-0.2, 0) is 4.74 Å². The summed E-state index contributed by atoms with van der Waals surface area (Å²) in [6.07, 6.45) is 2.71. The van der Waals surface area contributed by atoms with Crippen molar-refractivity contribution in [3.05, 3.63) is 0 Å². The minimum atomic E-state index is -0.307. The van der Waals surface area contributed by atoms with Crippen molar-refractivity contribution >= 4 is 24.9 Å². The number of carbonyl (C=O) groups excluding carboxylic acids is 1. The molecule has 0 spiro atoms. The molecule has 2 amide bonds.